The van der Waals surface area contributed by atoms with Crippen LogP contribution in [0.15, 0.2) is 29.3 Å². The lowest BCUT2D eigenvalue weighted by Crippen LogP contribution is -2.16. The van der Waals surface area contributed by atoms with Gasteiger partial charge in [0.1, 0.15) is 5.84 Å². The number of amidine groups is 1. The summed E-state index contributed by atoms with van der Waals surface area (Å²) in [7, 11) is 4.27. The summed E-state index contributed by atoms with van der Waals surface area (Å²) >= 11 is 11.1. The lowest BCUT2D eigenvalue weighted by Gasteiger charge is -2.08. The second-order valence-corrected chi connectivity index (χ2v) is 7.75. The Kier molecular flexibility index (Phi) is 19.5. The summed E-state index contributed by atoms with van der Waals surface area (Å²) in [6.45, 7) is 1.20. The number of hydrogen-bond acceptors (Lipinski definition) is 2. The zero-order valence-electron chi connectivity index (χ0n) is 17.0. The molecule has 0 aliphatic rings. The van der Waals surface area contributed by atoms with Crippen molar-refractivity contribution in [1.29, 1.82) is 0 Å². The molecule has 0 radical (unpaired) electrons. The van der Waals surface area contributed by atoms with E-state index in [1.807, 2.05) is 24.3 Å². The summed E-state index contributed by atoms with van der Waals surface area (Å²) < 4.78 is 0. The third kappa shape index (κ3) is 16.4. The first-order valence-corrected chi connectivity index (χ1v) is 10.3. The molecule has 0 bridgehead atoms. The SMILES string of the molecule is CN(C)CCCCCCCCCCC(N)=NC(=S)Nc1ccc(Cl)cc1.Cl.Cl. The average Bonchev–Trinajstić information content (AvgIpc) is 2.58. The molecule has 0 aliphatic carbocycles. The fourth-order valence-corrected chi connectivity index (χ4v) is 3.03. The molecule has 1 rings (SSSR count). The number of halogens is 3. The number of benzene rings is 1. The van der Waals surface area contributed by atoms with Crippen LogP contribution in [0.1, 0.15) is 57.8 Å². The summed E-state index contributed by atoms with van der Waals surface area (Å²) in [6.07, 6.45) is 11.0. The molecule has 28 heavy (non-hydrogen) atoms. The van der Waals surface area contributed by atoms with Crippen LogP contribution in [0.2, 0.25) is 5.02 Å². The monoisotopic (exact) mass is 468 g/mol. The number of aliphatic imine (C=N–C) groups is 1. The molecule has 0 heterocycles. The van der Waals surface area contributed by atoms with Crippen LogP contribution in [-0.4, -0.2) is 36.5 Å². The Morgan fingerprint density at radius 1 is 0.964 bits per heavy atom. The molecule has 3 N–H and O–H groups in total. The predicted molar refractivity (Wildman–Crippen MR) is 134 cm³/mol. The number of nitrogens with zero attached hydrogens (tertiary/aromatic N) is 2. The van der Waals surface area contributed by atoms with Gasteiger partial charge in [0, 0.05) is 17.1 Å². The molecule has 0 amide bonds. The fourth-order valence-electron chi connectivity index (χ4n) is 2.67. The maximum Gasteiger partial charge on any atom is 0.198 e. The van der Waals surface area contributed by atoms with Crippen LogP contribution in [-0.2, 0) is 0 Å². The van der Waals surface area contributed by atoms with Gasteiger partial charge in [0.05, 0.1) is 0 Å². The second-order valence-electron chi connectivity index (χ2n) is 6.92. The molecule has 8 heteroatoms. The quantitative estimate of drug-likeness (QED) is 0.163. The first-order chi connectivity index (χ1) is 12.5. The van der Waals surface area contributed by atoms with Crippen LogP contribution in [0.5, 0.6) is 0 Å². The van der Waals surface area contributed by atoms with Gasteiger partial charge in [-0.25, -0.2) is 4.99 Å². The molecule has 0 saturated carbocycles. The lowest BCUT2D eigenvalue weighted by atomic mass is 10.1. The van der Waals surface area contributed by atoms with Gasteiger partial charge in [-0.05, 0) is 70.0 Å². The van der Waals surface area contributed by atoms with Crippen LogP contribution >= 0.6 is 48.6 Å². The molecular formula is C20H35Cl3N4S. The number of rotatable bonds is 12. The Balaban J connectivity index is 0. The van der Waals surface area contributed by atoms with Crippen LogP contribution in [0, 0.1) is 0 Å². The first-order valence-electron chi connectivity index (χ1n) is 9.51. The summed E-state index contributed by atoms with van der Waals surface area (Å²) in [5.41, 5.74) is 6.83. The minimum atomic E-state index is 0. The van der Waals surface area contributed by atoms with E-state index >= 15 is 0 Å². The Bertz CT molecular complexity index is 551. The molecule has 0 atom stereocenters. The van der Waals surface area contributed by atoms with E-state index in [1.54, 1.807) is 0 Å². The van der Waals surface area contributed by atoms with Crippen molar-refractivity contribution in [2.24, 2.45) is 10.7 Å². The van der Waals surface area contributed by atoms with Gasteiger partial charge >= 0.3 is 0 Å². The number of nitrogens with one attached hydrogen (secondary N) is 1. The third-order valence-corrected chi connectivity index (χ3v) is 4.57. The highest BCUT2D eigenvalue weighted by Gasteiger charge is 2.00. The van der Waals surface area contributed by atoms with Gasteiger partial charge in [-0.1, -0.05) is 50.1 Å². The zero-order chi connectivity index (χ0) is 19.2. The second kappa shape index (κ2) is 18.4. The van der Waals surface area contributed by atoms with E-state index in [0.717, 1.165) is 18.5 Å². The van der Waals surface area contributed by atoms with Crippen molar-refractivity contribution >= 4 is 65.3 Å². The summed E-state index contributed by atoms with van der Waals surface area (Å²) in [5.74, 6) is 0.597. The standard InChI is InChI=1S/C20H33ClN4S.2ClH/c1-25(2)16-10-8-6-4-3-5-7-9-11-19(22)24-20(26)23-18-14-12-17(21)13-15-18;;/h12-15H,3-11,16H2,1-2H3,(H3,22,23,24,26);2*1H. The third-order valence-electron chi connectivity index (χ3n) is 4.13. The number of anilines is 1. The number of unbranched alkanes of at least 4 members (excludes halogenated alkanes) is 7. The lowest BCUT2D eigenvalue weighted by molar-refractivity contribution is 0.389. The maximum absolute atomic E-state index is 5.97. The van der Waals surface area contributed by atoms with E-state index in [2.05, 4.69) is 29.3 Å². The van der Waals surface area contributed by atoms with Gasteiger partial charge in [0.2, 0.25) is 0 Å². The molecule has 0 saturated heterocycles. The van der Waals surface area contributed by atoms with E-state index in [0.29, 0.717) is 16.0 Å². The summed E-state index contributed by atoms with van der Waals surface area (Å²) in [4.78, 5) is 6.51. The van der Waals surface area contributed by atoms with Crippen molar-refractivity contribution in [3.8, 4) is 0 Å². The van der Waals surface area contributed by atoms with Gasteiger partial charge in [-0.15, -0.1) is 24.8 Å². The Hall–Kier alpha value is -0.590. The minimum Gasteiger partial charge on any atom is -0.387 e. The van der Waals surface area contributed by atoms with E-state index < -0.39 is 0 Å². The molecule has 0 aliphatic heterocycles. The van der Waals surface area contributed by atoms with Crippen molar-refractivity contribution in [3.05, 3.63) is 29.3 Å². The molecule has 0 aromatic heterocycles. The number of nitrogens with two attached hydrogens (primary N) is 1. The van der Waals surface area contributed by atoms with E-state index in [9.17, 15) is 0 Å². The van der Waals surface area contributed by atoms with Crippen molar-refractivity contribution < 1.29 is 0 Å². The van der Waals surface area contributed by atoms with Crippen molar-refractivity contribution in [2.45, 2.75) is 57.8 Å². The van der Waals surface area contributed by atoms with Gasteiger partial charge in [0.15, 0.2) is 5.11 Å². The molecule has 162 valence electrons. The largest absolute Gasteiger partial charge is 0.387 e. The summed E-state index contributed by atoms with van der Waals surface area (Å²) in [6, 6.07) is 7.34. The normalized spacial score (nSPS) is 10.9. The van der Waals surface area contributed by atoms with Gasteiger partial charge in [0.25, 0.3) is 0 Å². The highest BCUT2D eigenvalue weighted by molar-refractivity contribution is 7.80. The molecule has 0 unspecified atom stereocenters. The molecule has 0 fully saturated rings. The molecule has 1 aromatic rings. The van der Waals surface area contributed by atoms with E-state index in [4.69, 9.17) is 29.6 Å². The predicted octanol–water partition coefficient (Wildman–Crippen LogP) is 6.31. The summed E-state index contributed by atoms with van der Waals surface area (Å²) in [5, 5.41) is 4.13. The average molecular weight is 470 g/mol. The number of hydrogen-bond donors (Lipinski definition) is 2. The van der Waals surface area contributed by atoms with E-state index in [1.165, 1.54) is 51.5 Å². The highest BCUT2D eigenvalue weighted by Crippen LogP contribution is 2.14. The zero-order valence-corrected chi connectivity index (χ0v) is 20.2. The molecule has 1 aromatic carbocycles. The molecular weight excluding hydrogens is 435 g/mol. The highest BCUT2D eigenvalue weighted by atomic mass is 35.5. The molecule has 4 nitrogen and oxygen atoms in total. The van der Waals surface area contributed by atoms with Gasteiger partial charge < -0.3 is 16.0 Å². The van der Waals surface area contributed by atoms with Crippen molar-refractivity contribution in [3.63, 3.8) is 0 Å². The Morgan fingerprint density at radius 2 is 1.46 bits per heavy atom. The Morgan fingerprint density at radius 3 is 2.00 bits per heavy atom. The topological polar surface area (TPSA) is 53.6 Å². The smallest absolute Gasteiger partial charge is 0.198 e. The van der Waals surface area contributed by atoms with E-state index in [-0.39, 0.29) is 24.8 Å². The van der Waals surface area contributed by atoms with Crippen LogP contribution in [0.4, 0.5) is 5.69 Å². The fraction of sp³-hybridized carbons (Fsp3) is 0.600. The van der Waals surface area contributed by atoms with Crippen LogP contribution < -0.4 is 11.1 Å². The Labute approximate surface area is 193 Å². The molecule has 0 spiro atoms. The number of thiocarbonyl (C=S) groups is 1. The van der Waals surface area contributed by atoms with Crippen molar-refractivity contribution in [1.82, 2.24) is 4.90 Å². The van der Waals surface area contributed by atoms with Gasteiger partial charge in [-0.3, -0.25) is 0 Å². The van der Waals surface area contributed by atoms with Crippen LogP contribution in [0.25, 0.3) is 0 Å². The van der Waals surface area contributed by atoms with Gasteiger partial charge in [-0.2, -0.15) is 0 Å². The first kappa shape index (κ1) is 29.6. The minimum absolute atomic E-state index is 0. The maximum atomic E-state index is 5.97. The van der Waals surface area contributed by atoms with Crippen molar-refractivity contribution in [2.75, 3.05) is 26.0 Å². The van der Waals surface area contributed by atoms with Crippen LogP contribution in [0.3, 0.4) is 0 Å².